The number of methoxy groups -OCH3 is 1. The smallest absolute Gasteiger partial charge is 0.231 e. The fourth-order valence-corrected chi connectivity index (χ4v) is 5.26. The van der Waals surface area contributed by atoms with Crippen molar-refractivity contribution in [3.8, 4) is 5.75 Å². The molecule has 2 aromatic carbocycles. The summed E-state index contributed by atoms with van der Waals surface area (Å²) in [6.07, 6.45) is 0.440. The maximum atomic E-state index is 12.8. The number of halogens is 1. The quantitative estimate of drug-likeness (QED) is 0.541. The Bertz CT molecular complexity index is 1260. The van der Waals surface area contributed by atoms with E-state index >= 15 is 0 Å². The first kappa shape index (κ1) is 23.3. The van der Waals surface area contributed by atoms with Crippen molar-refractivity contribution in [2.24, 2.45) is 5.92 Å². The molecule has 3 aromatic rings. The Morgan fingerprint density at radius 2 is 1.60 bits per heavy atom. The van der Waals surface area contributed by atoms with Crippen LogP contribution in [0.2, 0.25) is 5.02 Å². The Morgan fingerprint density at radius 3 is 2.29 bits per heavy atom. The predicted molar refractivity (Wildman–Crippen MR) is 133 cm³/mol. The van der Waals surface area contributed by atoms with Crippen LogP contribution in [0.5, 0.6) is 5.75 Å². The molecule has 0 bridgehead atoms. The molecule has 11 heteroatoms. The Morgan fingerprint density at radius 1 is 0.971 bits per heavy atom. The van der Waals surface area contributed by atoms with Crippen LogP contribution in [-0.4, -0.2) is 48.1 Å². The summed E-state index contributed by atoms with van der Waals surface area (Å²) in [6.45, 7) is 0.771. The number of ether oxygens (including phenoxy) is 1. The van der Waals surface area contributed by atoms with E-state index in [2.05, 4.69) is 15.5 Å². The molecule has 2 aliphatic rings. The molecule has 5 rings (SSSR count). The van der Waals surface area contributed by atoms with E-state index < -0.39 is 5.92 Å². The number of aromatic nitrogens is 2. The zero-order valence-electron chi connectivity index (χ0n) is 18.8. The molecule has 0 radical (unpaired) electrons. The first-order valence-corrected chi connectivity index (χ1v) is 12.3. The van der Waals surface area contributed by atoms with Gasteiger partial charge in [0.1, 0.15) is 10.8 Å². The fraction of sp³-hybridized carbons (Fsp3) is 0.292. The lowest BCUT2D eigenvalue weighted by Gasteiger charge is -2.16. The average molecular weight is 512 g/mol. The highest BCUT2D eigenvalue weighted by molar-refractivity contribution is 7.15. The molecule has 0 spiro atoms. The van der Waals surface area contributed by atoms with Crippen molar-refractivity contribution in [2.75, 3.05) is 35.3 Å². The molecule has 3 heterocycles. The largest absolute Gasteiger partial charge is 0.497 e. The van der Waals surface area contributed by atoms with Crippen molar-refractivity contribution < 1.29 is 19.1 Å². The standard InChI is InChI=1S/C24H22ClN5O4S/c1-34-19-8-6-18(7-9-19)29-12-14(10-20(29)31)22(33)26-24-28-27-23(35-24)15-11-21(32)30(13-15)17-4-2-16(25)3-5-17/h2-9,14-15H,10-13H2,1H3,(H,26,28,33). The summed E-state index contributed by atoms with van der Waals surface area (Å²) in [6, 6.07) is 14.3. The molecular weight excluding hydrogens is 490 g/mol. The normalized spacial score (nSPS) is 19.9. The molecule has 2 aliphatic heterocycles. The predicted octanol–water partition coefficient (Wildman–Crippen LogP) is 3.71. The zero-order chi connectivity index (χ0) is 24.5. The van der Waals surface area contributed by atoms with Gasteiger partial charge in [0, 0.05) is 48.2 Å². The van der Waals surface area contributed by atoms with E-state index in [-0.39, 0.29) is 36.6 Å². The number of rotatable bonds is 6. The summed E-state index contributed by atoms with van der Waals surface area (Å²) < 4.78 is 5.16. The summed E-state index contributed by atoms with van der Waals surface area (Å²) in [4.78, 5) is 41.2. The zero-order valence-corrected chi connectivity index (χ0v) is 20.4. The minimum Gasteiger partial charge on any atom is -0.497 e. The lowest BCUT2D eigenvalue weighted by Crippen LogP contribution is -2.28. The Balaban J connectivity index is 1.20. The third kappa shape index (κ3) is 4.85. The van der Waals surface area contributed by atoms with Gasteiger partial charge in [-0.05, 0) is 48.5 Å². The summed E-state index contributed by atoms with van der Waals surface area (Å²) in [5.74, 6) is -0.295. The fourth-order valence-electron chi connectivity index (χ4n) is 4.30. The van der Waals surface area contributed by atoms with Crippen LogP contribution in [-0.2, 0) is 14.4 Å². The van der Waals surface area contributed by atoms with Crippen LogP contribution in [0.3, 0.4) is 0 Å². The molecule has 1 N–H and O–H groups in total. The number of amides is 3. The highest BCUT2D eigenvalue weighted by Crippen LogP contribution is 2.35. The molecule has 2 unspecified atom stereocenters. The lowest BCUT2D eigenvalue weighted by molar-refractivity contribution is -0.122. The Kier molecular flexibility index (Phi) is 6.40. The summed E-state index contributed by atoms with van der Waals surface area (Å²) >= 11 is 7.20. The topological polar surface area (TPSA) is 105 Å². The number of carbonyl (C=O) groups is 3. The van der Waals surface area contributed by atoms with Crippen LogP contribution in [0.15, 0.2) is 48.5 Å². The van der Waals surface area contributed by atoms with E-state index in [1.807, 2.05) is 12.1 Å². The summed E-state index contributed by atoms with van der Waals surface area (Å²) in [7, 11) is 1.58. The first-order valence-electron chi connectivity index (χ1n) is 11.1. The molecule has 35 heavy (non-hydrogen) atoms. The van der Waals surface area contributed by atoms with Gasteiger partial charge in [-0.3, -0.25) is 14.4 Å². The van der Waals surface area contributed by atoms with Crippen molar-refractivity contribution in [3.63, 3.8) is 0 Å². The number of benzene rings is 2. The SMILES string of the molecule is COc1ccc(N2CC(C(=O)Nc3nnc(C4CC(=O)N(c5ccc(Cl)cc5)C4)s3)CC2=O)cc1. The molecule has 1 aromatic heterocycles. The van der Waals surface area contributed by atoms with E-state index in [0.717, 1.165) is 11.4 Å². The van der Waals surface area contributed by atoms with Gasteiger partial charge in [0.25, 0.3) is 0 Å². The van der Waals surface area contributed by atoms with E-state index in [9.17, 15) is 14.4 Å². The van der Waals surface area contributed by atoms with Crippen molar-refractivity contribution >= 4 is 57.2 Å². The first-order chi connectivity index (χ1) is 16.9. The molecule has 0 saturated carbocycles. The van der Waals surface area contributed by atoms with Gasteiger partial charge in [-0.2, -0.15) is 0 Å². The minimum atomic E-state index is -0.495. The second kappa shape index (κ2) is 9.63. The van der Waals surface area contributed by atoms with Crippen LogP contribution in [0.4, 0.5) is 16.5 Å². The van der Waals surface area contributed by atoms with Crippen molar-refractivity contribution in [1.82, 2.24) is 10.2 Å². The minimum absolute atomic E-state index is 0.00111. The van der Waals surface area contributed by atoms with Crippen LogP contribution < -0.4 is 19.9 Å². The highest BCUT2D eigenvalue weighted by Gasteiger charge is 2.37. The Hall–Kier alpha value is -3.50. The van der Waals surface area contributed by atoms with Gasteiger partial charge >= 0.3 is 0 Å². The molecule has 9 nitrogen and oxygen atoms in total. The molecule has 2 saturated heterocycles. The van der Waals surface area contributed by atoms with E-state index in [1.54, 1.807) is 53.3 Å². The lowest BCUT2D eigenvalue weighted by atomic mass is 10.1. The average Bonchev–Trinajstić information content (AvgIpc) is 3.58. The van der Waals surface area contributed by atoms with Gasteiger partial charge in [0.2, 0.25) is 22.9 Å². The molecule has 180 valence electrons. The van der Waals surface area contributed by atoms with E-state index in [0.29, 0.717) is 33.9 Å². The third-order valence-corrected chi connectivity index (χ3v) is 7.42. The Labute approximate surface area is 210 Å². The number of nitrogens with one attached hydrogen (secondary N) is 1. The van der Waals surface area contributed by atoms with Crippen molar-refractivity contribution in [2.45, 2.75) is 18.8 Å². The van der Waals surface area contributed by atoms with Crippen LogP contribution in [0.1, 0.15) is 23.8 Å². The van der Waals surface area contributed by atoms with Gasteiger partial charge in [-0.1, -0.05) is 22.9 Å². The van der Waals surface area contributed by atoms with Gasteiger partial charge < -0.3 is 19.9 Å². The summed E-state index contributed by atoms with van der Waals surface area (Å²) in [5, 5.41) is 12.8. The van der Waals surface area contributed by atoms with Gasteiger partial charge in [-0.25, -0.2) is 0 Å². The maximum Gasteiger partial charge on any atom is 0.231 e. The van der Waals surface area contributed by atoms with Crippen LogP contribution in [0, 0.1) is 5.92 Å². The van der Waals surface area contributed by atoms with Gasteiger partial charge in [-0.15, -0.1) is 10.2 Å². The molecule has 2 fully saturated rings. The number of nitrogens with zero attached hydrogens (tertiary/aromatic N) is 4. The molecule has 3 amide bonds. The van der Waals surface area contributed by atoms with Gasteiger partial charge in [0.15, 0.2) is 0 Å². The number of hydrogen-bond acceptors (Lipinski definition) is 7. The second-order valence-electron chi connectivity index (χ2n) is 8.42. The van der Waals surface area contributed by atoms with E-state index in [4.69, 9.17) is 16.3 Å². The van der Waals surface area contributed by atoms with Crippen LogP contribution in [0.25, 0.3) is 0 Å². The van der Waals surface area contributed by atoms with E-state index in [1.165, 1.54) is 11.3 Å². The maximum absolute atomic E-state index is 12.8. The number of anilines is 3. The molecule has 2 atom stereocenters. The number of carbonyl (C=O) groups excluding carboxylic acids is 3. The highest BCUT2D eigenvalue weighted by atomic mass is 35.5. The van der Waals surface area contributed by atoms with Gasteiger partial charge in [0.05, 0.1) is 13.0 Å². The molecular formula is C24H22ClN5O4S. The third-order valence-electron chi connectivity index (χ3n) is 6.16. The van der Waals surface area contributed by atoms with Crippen molar-refractivity contribution in [1.29, 1.82) is 0 Å². The summed E-state index contributed by atoms with van der Waals surface area (Å²) in [5.41, 5.74) is 1.51. The van der Waals surface area contributed by atoms with Crippen LogP contribution >= 0.6 is 22.9 Å². The monoisotopic (exact) mass is 511 g/mol. The second-order valence-corrected chi connectivity index (χ2v) is 9.87. The van der Waals surface area contributed by atoms with Crippen molar-refractivity contribution in [3.05, 3.63) is 58.6 Å². The molecule has 0 aliphatic carbocycles. The number of hydrogen-bond donors (Lipinski definition) is 1.